The zero-order valence-corrected chi connectivity index (χ0v) is 10.8. The number of benzene rings is 2. The summed E-state index contributed by atoms with van der Waals surface area (Å²) < 4.78 is 10.5. The molecule has 102 valence electrons. The van der Waals surface area contributed by atoms with Crippen molar-refractivity contribution >= 4 is 17.3 Å². The minimum atomic E-state index is -0.0892. The molecule has 1 aliphatic heterocycles. The summed E-state index contributed by atoms with van der Waals surface area (Å²) in [6.07, 6.45) is 0.300. The van der Waals surface area contributed by atoms with Gasteiger partial charge in [0.2, 0.25) is 12.7 Å². The van der Waals surface area contributed by atoms with Gasteiger partial charge in [-0.3, -0.25) is 4.79 Å². The zero-order valence-electron chi connectivity index (χ0n) is 10.8. The summed E-state index contributed by atoms with van der Waals surface area (Å²) in [5.74, 6) is 1.26. The fourth-order valence-corrected chi connectivity index (χ4v) is 2.00. The van der Waals surface area contributed by atoms with Gasteiger partial charge in [-0.1, -0.05) is 12.1 Å². The Bertz CT molecular complexity index is 638. The number of fused-ring (bicyclic) bond motifs is 1. The van der Waals surface area contributed by atoms with Crippen LogP contribution in [0.15, 0.2) is 42.5 Å². The van der Waals surface area contributed by atoms with Gasteiger partial charge in [-0.25, -0.2) is 0 Å². The van der Waals surface area contributed by atoms with Gasteiger partial charge in [-0.05, 0) is 29.8 Å². The van der Waals surface area contributed by atoms with Gasteiger partial charge in [0.15, 0.2) is 11.5 Å². The molecule has 2 aromatic rings. The molecule has 0 saturated carbocycles. The molecule has 0 aliphatic carbocycles. The number of hydrogen-bond acceptors (Lipinski definition) is 4. The van der Waals surface area contributed by atoms with Crippen LogP contribution >= 0.6 is 0 Å². The lowest BCUT2D eigenvalue weighted by Crippen LogP contribution is -2.14. The molecule has 0 bridgehead atoms. The normalized spacial score (nSPS) is 12.2. The van der Waals surface area contributed by atoms with Gasteiger partial charge in [0.25, 0.3) is 0 Å². The first kappa shape index (κ1) is 12.3. The van der Waals surface area contributed by atoms with E-state index in [0.29, 0.717) is 29.3 Å². The highest BCUT2D eigenvalue weighted by Gasteiger charge is 2.14. The number of nitrogens with two attached hydrogens (primary N) is 1. The Morgan fingerprint density at radius 3 is 2.65 bits per heavy atom. The number of carbonyl (C=O) groups is 1. The molecule has 0 saturated heterocycles. The maximum Gasteiger partial charge on any atom is 0.231 e. The van der Waals surface area contributed by atoms with Crippen LogP contribution in [0, 0.1) is 0 Å². The van der Waals surface area contributed by atoms with Crippen molar-refractivity contribution < 1.29 is 14.3 Å². The topological polar surface area (TPSA) is 73.6 Å². The Balaban J connectivity index is 1.65. The van der Waals surface area contributed by atoms with E-state index < -0.39 is 0 Å². The molecule has 3 rings (SSSR count). The molecule has 0 aromatic heterocycles. The molecule has 0 unspecified atom stereocenters. The average Bonchev–Trinajstić information content (AvgIpc) is 2.89. The highest BCUT2D eigenvalue weighted by Crippen LogP contribution is 2.34. The summed E-state index contributed by atoms with van der Waals surface area (Å²) in [5, 5.41) is 2.83. The largest absolute Gasteiger partial charge is 0.454 e. The van der Waals surface area contributed by atoms with E-state index in [9.17, 15) is 4.79 Å². The first-order valence-corrected chi connectivity index (χ1v) is 6.24. The smallest absolute Gasteiger partial charge is 0.231 e. The summed E-state index contributed by atoms with van der Waals surface area (Å²) in [5.41, 5.74) is 7.90. The first-order chi connectivity index (χ1) is 9.70. The van der Waals surface area contributed by atoms with Crippen molar-refractivity contribution in [2.24, 2.45) is 0 Å². The van der Waals surface area contributed by atoms with Crippen LogP contribution in [0.5, 0.6) is 11.5 Å². The van der Waals surface area contributed by atoms with Crippen LogP contribution in [0.3, 0.4) is 0 Å². The minimum absolute atomic E-state index is 0.0892. The van der Waals surface area contributed by atoms with Crippen molar-refractivity contribution in [3.05, 3.63) is 48.0 Å². The number of carbonyl (C=O) groups excluding carboxylic acids is 1. The van der Waals surface area contributed by atoms with E-state index in [-0.39, 0.29) is 12.7 Å². The molecule has 1 amide bonds. The predicted octanol–water partition coefficient (Wildman–Crippen LogP) is 2.18. The minimum Gasteiger partial charge on any atom is -0.454 e. The van der Waals surface area contributed by atoms with Crippen LogP contribution in [0.2, 0.25) is 0 Å². The van der Waals surface area contributed by atoms with Crippen molar-refractivity contribution in [1.82, 2.24) is 0 Å². The van der Waals surface area contributed by atoms with Crippen LogP contribution in [-0.2, 0) is 11.2 Å². The molecular weight excluding hydrogens is 256 g/mol. The van der Waals surface area contributed by atoms with Gasteiger partial charge in [0.05, 0.1) is 6.42 Å². The van der Waals surface area contributed by atoms with Crippen molar-refractivity contribution in [2.45, 2.75) is 6.42 Å². The van der Waals surface area contributed by atoms with Crippen LogP contribution < -0.4 is 20.5 Å². The van der Waals surface area contributed by atoms with E-state index in [2.05, 4.69) is 5.32 Å². The number of hydrogen-bond donors (Lipinski definition) is 2. The second kappa shape index (κ2) is 5.13. The van der Waals surface area contributed by atoms with Crippen molar-refractivity contribution in [1.29, 1.82) is 0 Å². The van der Waals surface area contributed by atoms with E-state index in [0.717, 1.165) is 5.56 Å². The van der Waals surface area contributed by atoms with Gasteiger partial charge in [-0.15, -0.1) is 0 Å². The molecule has 1 heterocycles. The lowest BCUT2D eigenvalue weighted by Gasteiger charge is -2.06. The lowest BCUT2D eigenvalue weighted by atomic mass is 10.1. The molecule has 0 spiro atoms. The Hall–Kier alpha value is -2.69. The number of nitrogen functional groups attached to an aromatic ring is 1. The third kappa shape index (κ3) is 2.66. The van der Waals surface area contributed by atoms with Crippen molar-refractivity contribution in [2.75, 3.05) is 17.8 Å². The summed E-state index contributed by atoms with van der Waals surface area (Å²) in [4.78, 5) is 12.0. The van der Waals surface area contributed by atoms with Crippen LogP contribution in [-0.4, -0.2) is 12.7 Å². The van der Waals surface area contributed by atoms with Gasteiger partial charge in [0, 0.05) is 17.4 Å². The van der Waals surface area contributed by atoms with Gasteiger partial charge >= 0.3 is 0 Å². The summed E-state index contributed by atoms with van der Waals surface area (Å²) in [6, 6.07) is 12.6. The second-order valence-corrected chi connectivity index (χ2v) is 4.53. The van der Waals surface area contributed by atoms with Gasteiger partial charge in [-0.2, -0.15) is 0 Å². The molecule has 5 heteroatoms. The molecule has 0 atom stereocenters. The molecule has 1 aliphatic rings. The lowest BCUT2D eigenvalue weighted by molar-refractivity contribution is -0.115. The number of amides is 1. The Morgan fingerprint density at radius 1 is 1.10 bits per heavy atom. The van der Waals surface area contributed by atoms with Crippen LogP contribution in [0.1, 0.15) is 5.56 Å². The molecule has 5 nitrogen and oxygen atoms in total. The SMILES string of the molecule is Nc1ccc(CC(=O)Nc2ccc3c(c2)OCO3)cc1. The molecule has 0 fully saturated rings. The summed E-state index contributed by atoms with van der Waals surface area (Å²) in [7, 11) is 0. The van der Waals surface area contributed by atoms with E-state index in [1.165, 1.54) is 0 Å². The van der Waals surface area contributed by atoms with Crippen molar-refractivity contribution in [3.63, 3.8) is 0 Å². The third-order valence-electron chi connectivity index (χ3n) is 3.00. The van der Waals surface area contributed by atoms with E-state index in [4.69, 9.17) is 15.2 Å². The van der Waals surface area contributed by atoms with Crippen molar-refractivity contribution in [3.8, 4) is 11.5 Å². The zero-order chi connectivity index (χ0) is 13.9. The maximum atomic E-state index is 12.0. The molecule has 20 heavy (non-hydrogen) atoms. The van der Waals surface area contributed by atoms with E-state index in [1.54, 1.807) is 30.3 Å². The van der Waals surface area contributed by atoms with E-state index in [1.807, 2.05) is 12.1 Å². The fraction of sp³-hybridized carbons (Fsp3) is 0.133. The standard InChI is InChI=1S/C15H14N2O3/c16-11-3-1-10(2-4-11)7-15(18)17-12-5-6-13-14(8-12)20-9-19-13/h1-6,8H,7,9,16H2,(H,17,18). The Labute approximate surface area is 116 Å². The summed E-state index contributed by atoms with van der Waals surface area (Å²) in [6.45, 7) is 0.220. The molecule has 3 N–H and O–H groups in total. The Morgan fingerprint density at radius 2 is 1.85 bits per heavy atom. The Kier molecular flexibility index (Phi) is 3.16. The third-order valence-corrected chi connectivity index (χ3v) is 3.00. The highest BCUT2D eigenvalue weighted by atomic mass is 16.7. The fourth-order valence-electron chi connectivity index (χ4n) is 2.00. The number of rotatable bonds is 3. The first-order valence-electron chi connectivity index (χ1n) is 6.24. The van der Waals surface area contributed by atoms with E-state index >= 15 is 0 Å². The summed E-state index contributed by atoms with van der Waals surface area (Å²) >= 11 is 0. The molecule has 0 radical (unpaired) electrons. The molecule has 2 aromatic carbocycles. The number of anilines is 2. The second-order valence-electron chi connectivity index (χ2n) is 4.53. The highest BCUT2D eigenvalue weighted by molar-refractivity contribution is 5.92. The molecular formula is C15H14N2O3. The van der Waals surface area contributed by atoms with Gasteiger partial charge in [0.1, 0.15) is 0 Å². The number of ether oxygens (including phenoxy) is 2. The van der Waals surface area contributed by atoms with Gasteiger partial charge < -0.3 is 20.5 Å². The van der Waals surface area contributed by atoms with Crippen LogP contribution in [0.25, 0.3) is 0 Å². The number of nitrogens with one attached hydrogen (secondary N) is 1. The maximum absolute atomic E-state index is 12.0. The predicted molar refractivity (Wildman–Crippen MR) is 75.8 cm³/mol. The monoisotopic (exact) mass is 270 g/mol. The van der Waals surface area contributed by atoms with Crippen LogP contribution in [0.4, 0.5) is 11.4 Å². The quantitative estimate of drug-likeness (QED) is 0.838. The average molecular weight is 270 g/mol.